The second-order valence-electron chi connectivity index (χ2n) is 0.987. The fourth-order valence-electron chi connectivity index (χ4n) is 0.0514. The van der Waals surface area contributed by atoms with Crippen LogP contribution in [-0.4, -0.2) is 5.38 Å². The Morgan fingerprint density at radius 3 is 2.25 bits per heavy atom. The van der Waals surface area contributed by atoms with Crippen molar-refractivity contribution in [1.29, 1.82) is 0 Å². The number of hydrogen-bond donors (Lipinski definition) is 0. The molecule has 1 atom stereocenters. The smallest absolute Gasteiger partial charge is 0.0371 e. The minimum Gasteiger partial charge on any atom is -0.123 e. The molecule has 0 aromatic heterocycles. The highest BCUT2D eigenvalue weighted by atomic mass is 35.5. The summed E-state index contributed by atoms with van der Waals surface area (Å²) in [4.78, 5) is 0. The number of halogens is 1. The minimum absolute atomic E-state index is 0.431. The first-order valence-electron chi connectivity index (χ1n) is 1.37. The largest absolute Gasteiger partial charge is 0.123 e. The van der Waals surface area contributed by atoms with Crippen molar-refractivity contribution < 1.29 is 0 Å². The Morgan fingerprint density at radius 1 is 2.00 bits per heavy atom. The highest BCUT2D eigenvalue weighted by Crippen LogP contribution is 2.23. The SMILES string of the molecule is Cl[C@H]1[CH]C1. The Hall–Kier alpha value is 0.290. The lowest BCUT2D eigenvalue weighted by Crippen LogP contribution is -1.45. The second kappa shape index (κ2) is 0.617. The molecule has 0 aliphatic heterocycles. The molecule has 4 heavy (non-hydrogen) atoms. The normalized spacial score (nSPS) is 26.2. The van der Waals surface area contributed by atoms with E-state index in [1.165, 1.54) is 0 Å². The zero-order valence-electron chi connectivity index (χ0n) is 2.24. The summed E-state index contributed by atoms with van der Waals surface area (Å²) in [6, 6.07) is 0. The summed E-state index contributed by atoms with van der Waals surface area (Å²) in [6.07, 6.45) is 3.18. The first kappa shape index (κ1) is 2.52. The van der Waals surface area contributed by atoms with Crippen LogP contribution in [0.4, 0.5) is 0 Å². The van der Waals surface area contributed by atoms with E-state index in [9.17, 15) is 0 Å². The molecular formula is C3H4Cl. The standard InChI is InChI=1S/C3H4Cl/c4-3-1-2-3/h1,3H,2H2/t3-/m0/s1. The van der Waals surface area contributed by atoms with Crippen LogP contribution in [0.25, 0.3) is 0 Å². The zero-order chi connectivity index (χ0) is 2.99. The molecule has 1 fully saturated rings. The fourth-order valence-corrected chi connectivity index (χ4v) is 0.154. The van der Waals surface area contributed by atoms with Gasteiger partial charge in [0.05, 0.1) is 0 Å². The van der Waals surface area contributed by atoms with E-state index in [0.29, 0.717) is 5.38 Å². The van der Waals surface area contributed by atoms with Gasteiger partial charge in [-0.15, -0.1) is 11.6 Å². The third-order valence-corrected chi connectivity index (χ3v) is 0.770. The molecule has 0 amide bonds. The lowest BCUT2D eigenvalue weighted by atomic mass is 11.0. The van der Waals surface area contributed by atoms with Gasteiger partial charge in [0.2, 0.25) is 0 Å². The van der Waals surface area contributed by atoms with Crippen LogP contribution in [0.5, 0.6) is 0 Å². The summed E-state index contributed by atoms with van der Waals surface area (Å²) in [5.74, 6) is 0. The van der Waals surface area contributed by atoms with Gasteiger partial charge >= 0.3 is 0 Å². The first-order chi connectivity index (χ1) is 1.89. The maximum atomic E-state index is 5.33. The van der Waals surface area contributed by atoms with Crippen molar-refractivity contribution in [3.8, 4) is 0 Å². The van der Waals surface area contributed by atoms with Crippen molar-refractivity contribution in [3.05, 3.63) is 6.42 Å². The van der Waals surface area contributed by atoms with Crippen LogP contribution in [0.2, 0.25) is 0 Å². The van der Waals surface area contributed by atoms with E-state index in [1.807, 2.05) is 0 Å². The summed E-state index contributed by atoms with van der Waals surface area (Å²) >= 11 is 5.33. The molecule has 0 heterocycles. The fraction of sp³-hybridized carbons (Fsp3) is 0.667. The molecule has 1 rings (SSSR count). The second-order valence-corrected chi connectivity index (χ2v) is 1.55. The van der Waals surface area contributed by atoms with Crippen molar-refractivity contribution in [2.24, 2.45) is 0 Å². The van der Waals surface area contributed by atoms with Crippen LogP contribution >= 0.6 is 11.6 Å². The predicted octanol–water partition coefficient (Wildman–Crippen LogP) is 1.20. The molecule has 0 saturated heterocycles. The third-order valence-electron chi connectivity index (χ3n) is 0.414. The average Bonchev–Trinajstić information content (AvgIpc) is 1.75. The van der Waals surface area contributed by atoms with Crippen molar-refractivity contribution in [3.63, 3.8) is 0 Å². The lowest BCUT2D eigenvalue weighted by Gasteiger charge is -1.50. The summed E-state index contributed by atoms with van der Waals surface area (Å²) in [6.45, 7) is 0. The van der Waals surface area contributed by atoms with E-state index >= 15 is 0 Å². The molecule has 23 valence electrons. The summed E-state index contributed by atoms with van der Waals surface area (Å²) < 4.78 is 0. The maximum Gasteiger partial charge on any atom is 0.0371 e. The number of hydrogen-bond acceptors (Lipinski definition) is 0. The minimum atomic E-state index is 0.431. The molecule has 1 aliphatic carbocycles. The Labute approximate surface area is 30.8 Å². The Bertz CT molecular complexity index is 22.5. The summed E-state index contributed by atoms with van der Waals surface area (Å²) in [7, 11) is 0. The van der Waals surface area contributed by atoms with Crippen LogP contribution < -0.4 is 0 Å². The van der Waals surface area contributed by atoms with Crippen LogP contribution in [0, 0.1) is 6.42 Å². The van der Waals surface area contributed by atoms with Crippen LogP contribution in [-0.2, 0) is 0 Å². The molecule has 0 unspecified atom stereocenters. The molecule has 0 spiro atoms. The van der Waals surface area contributed by atoms with Gasteiger partial charge in [-0.3, -0.25) is 0 Å². The third kappa shape index (κ3) is 0.352. The zero-order valence-corrected chi connectivity index (χ0v) is 3.00. The van der Waals surface area contributed by atoms with Crippen molar-refractivity contribution in [2.75, 3.05) is 0 Å². The van der Waals surface area contributed by atoms with E-state index in [0.717, 1.165) is 6.42 Å². The van der Waals surface area contributed by atoms with Gasteiger partial charge in [0.15, 0.2) is 0 Å². The molecule has 0 bridgehead atoms. The molecule has 0 aromatic carbocycles. The van der Waals surface area contributed by atoms with E-state index < -0.39 is 0 Å². The van der Waals surface area contributed by atoms with Gasteiger partial charge in [-0.2, -0.15) is 0 Å². The Kier molecular flexibility index (Phi) is 0.389. The van der Waals surface area contributed by atoms with E-state index in [2.05, 4.69) is 6.42 Å². The van der Waals surface area contributed by atoms with Gasteiger partial charge in [0.1, 0.15) is 0 Å². The van der Waals surface area contributed by atoms with Crippen molar-refractivity contribution >= 4 is 11.6 Å². The van der Waals surface area contributed by atoms with E-state index in [1.54, 1.807) is 0 Å². The molecular weight excluding hydrogens is 71.5 g/mol. The lowest BCUT2D eigenvalue weighted by molar-refractivity contribution is 1.50. The van der Waals surface area contributed by atoms with E-state index in [-0.39, 0.29) is 0 Å². The van der Waals surface area contributed by atoms with Crippen LogP contribution in [0.1, 0.15) is 6.42 Å². The molecule has 1 aliphatic rings. The monoisotopic (exact) mass is 75.0 g/mol. The predicted molar refractivity (Wildman–Crippen MR) is 18.6 cm³/mol. The van der Waals surface area contributed by atoms with Gasteiger partial charge in [-0.1, -0.05) is 0 Å². The highest BCUT2D eigenvalue weighted by molar-refractivity contribution is 6.23. The molecule has 0 nitrogen and oxygen atoms in total. The van der Waals surface area contributed by atoms with Crippen LogP contribution in [0.3, 0.4) is 0 Å². The molecule has 0 N–H and O–H groups in total. The van der Waals surface area contributed by atoms with E-state index in [4.69, 9.17) is 11.6 Å². The van der Waals surface area contributed by atoms with Gasteiger partial charge in [-0.05, 0) is 12.8 Å². The summed E-state index contributed by atoms with van der Waals surface area (Å²) in [5.41, 5.74) is 0. The highest BCUT2D eigenvalue weighted by Gasteiger charge is 2.16. The molecule has 1 heteroatoms. The van der Waals surface area contributed by atoms with Gasteiger partial charge in [0, 0.05) is 5.38 Å². The average molecular weight is 75.5 g/mol. The van der Waals surface area contributed by atoms with Crippen molar-refractivity contribution in [2.45, 2.75) is 11.8 Å². The molecule has 1 saturated carbocycles. The van der Waals surface area contributed by atoms with Gasteiger partial charge in [0.25, 0.3) is 0 Å². The maximum absolute atomic E-state index is 5.33. The summed E-state index contributed by atoms with van der Waals surface area (Å²) in [5, 5.41) is 0.431. The molecule has 1 radical (unpaired) electrons. The van der Waals surface area contributed by atoms with Gasteiger partial charge in [-0.25, -0.2) is 0 Å². The number of alkyl halides is 1. The number of rotatable bonds is 0. The van der Waals surface area contributed by atoms with Gasteiger partial charge < -0.3 is 0 Å². The molecule has 0 aromatic rings. The first-order valence-corrected chi connectivity index (χ1v) is 1.80. The Morgan fingerprint density at radius 2 is 2.25 bits per heavy atom. The quantitative estimate of drug-likeness (QED) is 0.380. The topological polar surface area (TPSA) is 0 Å². The Balaban J connectivity index is 2.17. The van der Waals surface area contributed by atoms with Crippen LogP contribution in [0.15, 0.2) is 0 Å². The van der Waals surface area contributed by atoms with Crippen molar-refractivity contribution in [1.82, 2.24) is 0 Å².